The third-order valence-electron chi connectivity index (χ3n) is 3.13. The summed E-state index contributed by atoms with van der Waals surface area (Å²) >= 11 is 0. The summed E-state index contributed by atoms with van der Waals surface area (Å²) < 4.78 is 41.9. The van der Waals surface area contributed by atoms with Crippen molar-refractivity contribution < 1.29 is 27.5 Å². The number of amides is 2. The van der Waals surface area contributed by atoms with E-state index in [0.717, 1.165) is 0 Å². The molecule has 1 N–H and O–H groups in total. The third-order valence-corrected chi connectivity index (χ3v) is 3.13. The Kier molecular flexibility index (Phi) is 5.11. The zero-order valence-corrected chi connectivity index (χ0v) is 12.6. The van der Waals surface area contributed by atoms with Crippen LogP contribution in [0.25, 0.3) is 0 Å². The molecule has 1 aliphatic heterocycles. The van der Waals surface area contributed by atoms with E-state index in [-0.39, 0.29) is 25.4 Å². The number of nitrogens with zero attached hydrogens (tertiary/aromatic N) is 1. The predicted octanol–water partition coefficient (Wildman–Crippen LogP) is 2.31. The summed E-state index contributed by atoms with van der Waals surface area (Å²) in [7, 11) is 0. The number of ether oxygens (including phenoxy) is 1. The van der Waals surface area contributed by atoms with Gasteiger partial charge in [0.15, 0.2) is 0 Å². The smallest absolute Gasteiger partial charge is 0.444 e. The fourth-order valence-electron chi connectivity index (χ4n) is 2.10. The zero-order valence-electron chi connectivity index (χ0n) is 12.6. The maximum Gasteiger partial charge on any atom is 0.471 e. The molecule has 1 saturated heterocycles. The number of alkyl halides is 3. The largest absolute Gasteiger partial charge is 0.471 e. The highest BCUT2D eigenvalue weighted by Crippen LogP contribution is 2.22. The van der Waals surface area contributed by atoms with E-state index >= 15 is 0 Å². The van der Waals surface area contributed by atoms with Gasteiger partial charge in [-0.1, -0.05) is 6.92 Å². The summed E-state index contributed by atoms with van der Waals surface area (Å²) in [5.41, 5.74) is -0.623. The molecule has 8 heteroatoms. The summed E-state index contributed by atoms with van der Waals surface area (Å²) in [5.74, 6) is -2.22. The number of nitrogens with one attached hydrogen (secondary N) is 1. The highest BCUT2D eigenvalue weighted by molar-refractivity contribution is 5.82. The average molecular weight is 310 g/mol. The Hall–Kier alpha value is -1.47. The fourth-order valence-corrected chi connectivity index (χ4v) is 2.10. The van der Waals surface area contributed by atoms with Crippen molar-refractivity contribution in [1.82, 2.24) is 10.2 Å². The van der Waals surface area contributed by atoms with Gasteiger partial charge < -0.3 is 15.0 Å². The number of likely N-dealkylation sites (tertiary alicyclic amines) is 1. The Balaban J connectivity index is 2.55. The van der Waals surface area contributed by atoms with Crippen LogP contribution in [-0.4, -0.2) is 47.8 Å². The summed E-state index contributed by atoms with van der Waals surface area (Å²) in [6.45, 7) is 7.41. The number of piperidine rings is 1. The lowest BCUT2D eigenvalue weighted by Crippen LogP contribution is -2.54. The van der Waals surface area contributed by atoms with Crippen molar-refractivity contribution in [1.29, 1.82) is 0 Å². The van der Waals surface area contributed by atoms with Gasteiger partial charge >= 0.3 is 18.2 Å². The first kappa shape index (κ1) is 17.6. The second-order valence-corrected chi connectivity index (χ2v) is 6.27. The lowest BCUT2D eigenvalue weighted by molar-refractivity contribution is -0.175. The molecule has 122 valence electrons. The van der Waals surface area contributed by atoms with Crippen LogP contribution in [-0.2, 0) is 9.53 Å². The maximum atomic E-state index is 12.2. The van der Waals surface area contributed by atoms with Gasteiger partial charge in [-0.2, -0.15) is 13.2 Å². The monoisotopic (exact) mass is 310 g/mol. The molecule has 0 aromatic heterocycles. The van der Waals surface area contributed by atoms with E-state index in [9.17, 15) is 22.8 Å². The minimum Gasteiger partial charge on any atom is -0.444 e. The van der Waals surface area contributed by atoms with Crippen LogP contribution in [0.15, 0.2) is 0 Å². The molecule has 0 aromatic rings. The lowest BCUT2D eigenvalue weighted by atomic mass is 9.94. The molecule has 1 fully saturated rings. The Bertz CT molecular complexity index is 404. The molecular weight excluding hydrogens is 289 g/mol. The van der Waals surface area contributed by atoms with Crippen LogP contribution in [0.2, 0.25) is 0 Å². The van der Waals surface area contributed by atoms with E-state index in [1.54, 1.807) is 27.7 Å². The first-order valence-electron chi connectivity index (χ1n) is 6.76. The normalized spacial score (nSPS) is 23.7. The van der Waals surface area contributed by atoms with E-state index in [1.807, 2.05) is 5.32 Å². The molecule has 0 radical (unpaired) electrons. The Labute approximate surface area is 121 Å². The topological polar surface area (TPSA) is 58.6 Å². The van der Waals surface area contributed by atoms with E-state index in [2.05, 4.69) is 0 Å². The van der Waals surface area contributed by atoms with Gasteiger partial charge in [0.05, 0.1) is 0 Å². The molecule has 2 amide bonds. The van der Waals surface area contributed by atoms with Crippen molar-refractivity contribution in [3.05, 3.63) is 0 Å². The van der Waals surface area contributed by atoms with E-state index in [0.29, 0.717) is 0 Å². The van der Waals surface area contributed by atoms with Crippen LogP contribution in [0.3, 0.4) is 0 Å². The summed E-state index contributed by atoms with van der Waals surface area (Å²) in [6, 6.07) is -0.599. The minimum absolute atomic E-state index is 0.248. The van der Waals surface area contributed by atoms with Crippen LogP contribution in [0, 0.1) is 5.92 Å². The van der Waals surface area contributed by atoms with Crippen LogP contribution < -0.4 is 5.32 Å². The van der Waals surface area contributed by atoms with Crippen molar-refractivity contribution in [3.8, 4) is 0 Å². The molecule has 1 heterocycles. The molecule has 1 aliphatic rings. The van der Waals surface area contributed by atoms with Gasteiger partial charge in [-0.05, 0) is 33.1 Å². The number of carbonyl (C=O) groups is 2. The molecule has 5 nitrogen and oxygen atoms in total. The molecular formula is C13H21F3N2O3. The highest BCUT2D eigenvalue weighted by atomic mass is 19.4. The van der Waals surface area contributed by atoms with Crippen molar-refractivity contribution in [2.75, 3.05) is 13.1 Å². The van der Waals surface area contributed by atoms with Crippen LogP contribution in [0.5, 0.6) is 0 Å². The molecule has 1 rings (SSSR count). The Morgan fingerprint density at radius 3 is 2.24 bits per heavy atom. The number of hydrogen-bond acceptors (Lipinski definition) is 3. The SMILES string of the molecule is C[C@@H]1CN(C(=O)OC(C)(C)C)CC[C@H]1NC(=O)C(F)(F)F. The highest BCUT2D eigenvalue weighted by Gasteiger charge is 2.41. The van der Waals surface area contributed by atoms with Gasteiger partial charge in [0.2, 0.25) is 0 Å². The lowest BCUT2D eigenvalue weighted by Gasteiger charge is -2.37. The molecule has 0 spiro atoms. The number of hydrogen-bond donors (Lipinski definition) is 1. The summed E-state index contributed by atoms with van der Waals surface area (Å²) in [4.78, 5) is 24.3. The fraction of sp³-hybridized carbons (Fsp3) is 0.846. The Morgan fingerprint density at radius 2 is 1.81 bits per heavy atom. The van der Waals surface area contributed by atoms with Crippen LogP contribution >= 0.6 is 0 Å². The third kappa shape index (κ3) is 5.43. The zero-order chi connectivity index (χ0) is 16.4. The molecule has 0 unspecified atom stereocenters. The van der Waals surface area contributed by atoms with E-state index < -0.39 is 29.8 Å². The van der Waals surface area contributed by atoms with E-state index in [1.165, 1.54) is 4.90 Å². The van der Waals surface area contributed by atoms with Gasteiger partial charge in [0, 0.05) is 19.1 Å². The molecule has 0 bridgehead atoms. The van der Waals surface area contributed by atoms with Crippen molar-refractivity contribution >= 4 is 12.0 Å². The second kappa shape index (κ2) is 6.11. The summed E-state index contributed by atoms with van der Waals surface area (Å²) in [6.07, 6.45) is -5.11. The average Bonchev–Trinajstić information content (AvgIpc) is 2.28. The standard InChI is InChI=1S/C13H21F3N2O3/c1-8-7-18(11(20)21-12(2,3)4)6-5-9(8)17-10(19)13(14,15)16/h8-9H,5-7H2,1-4H3,(H,17,19)/t8-,9-/m1/s1. The van der Waals surface area contributed by atoms with Crippen molar-refractivity contribution in [2.45, 2.75) is 51.9 Å². The van der Waals surface area contributed by atoms with Crippen LogP contribution in [0.1, 0.15) is 34.1 Å². The number of rotatable bonds is 1. The van der Waals surface area contributed by atoms with Crippen molar-refractivity contribution in [3.63, 3.8) is 0 Å². The molecule has 0 saturated carbocycles. The first-order chi connectivity index (χ1) is 9.40. The summed E-state index contributed by atoms with van der Waals surface area (Å²) in [5, 5.41) is 1.97. The maximum absolute atomic E-state index is 12.2. The molecule has 0 aromatic carbocycles. The van der Waals surface area contributed by atoms with E-state index in [4.69, 9.17) is 4.74 Å². The molecule has 0 aliphatic carbocycles. The first-order valence-corrected chi connectivity index (χ1v) is 6.76. The van der Waals surface area contributed by atoms with Gasteiger partial charge in [0.25, 0.3) is 0 Å². The van der Waals surface area contributed by atoms with Gasteiger partial charge in [-0.25, -0.2) is 4.79 Å². The minimum atomic E-state index is -4.89. The van der Waals surface area contributed by atoms with Crippen molar-refractivity contribution in [2.24, 2.45) is 5.92 Å². The number of halogens is 3. The van der Waals surface area contributed by atoms with Gasteiger partial charge in [-0.3, -0.25) is 4.79 Å². The van der Waals surface area contributed by atoms with Gasteiger partial charge in [0.1, 0.15) is 5.60 Å². The quantitative estimate of drug-likeness (QED) is 0.808. The second-order valence-electron chi connectivity index (χ2n) is 6.27. The van der Waals surface area contributed by atoms with Crippen LogP contribution in [0.4, 0.5) is 18.0 Å². The Morgan fingerprint density at radius 1 is 1.24 bits per heavy atom. The van der Waals surface area contributed by atoms with Gasteiger partial charge in [-0.15, -0.1) is 0 Å². The number of carbonyl (C=O) groups excluding carboxylic acids is 2. The molecule has 2 atom stereocenters. The predicted molar refractivity (Wildman–Crippen MR) is 69.6 cm³/mol. The molecule has 21 heavy (non-hydrogen) atoms.